The van der Waals surface area contributed by atoms with Gasteiger partial charge in [-0.15, -0.1) is 11.3 Å². The molecule has 0 atom stereocenters. The number of rotatable bonds is 5. The lowest BCUT2D eigenvalue weighted by Crippen LogP contribution is -2.35. The van der Waals surface area contributed by atoms with Crippen LogP contribution in [0.4, 0.5) is 5.00 Å². The van der Waals surface area contributed by atoms with Gasteiger partial charge >= 0.3 is 5.97 Å². The lowest BCUT2D eigenvalue weighted by molar-refractivity contribution is 0.0526. The number of ether oxygens (including phenoxy) is 1. The highest BCUT2D eigenvalue weighted by Gasteiger charge is 2.30. The van der Waals surface area contributed by atoms with Crippen LogP contribution in [-0.4, -0.2) is 36.0 Å². The van der Waals surface area contributed by atoms with Crippen molar-refractivity contribution < 1.29 is 14.3 Å². The van der Waals surface area contributed by atoms with Crippen LogP contribution in [-0.2, 0) is 17.7 Å². The zero-order valence-corrected chi connectivity index (χ0v) is 18.3. The molecule has 1 aliphatic heterocycles. The average Bonchev–Trinajstić information content (AvgIpc) is 3.10. The van der Waals surface area contributed by atoms with E-state index in [-0.39, 0.29) is 11.9 Å². The number of nitrogens with zero attached hydrogens (tertiary/aromatic N) is 1. The molecule has 2 heterocycles. The van der Waals surface area contributed by atoms with Gasteiger partial charge in [-0.1, -0.05) is 36.4 Å². The van der Waals surface area contributed by atoms with E-state index in [0.29, 0.717) is 28.8 Å². The highest BCUT2D eigenvalue weighted by molar-refractivity contribution is 7.17. The smallest absolute Gasteiger partial charge is 0.341 e. The maximum absolute atomic E-state index is 13.2. The summed E-state index contributed by atoms with van der Waals surface area (Å²) in [6, 6.07) is 13.9. The van der Waals surface area contributed by atoms with E-state index in [4.69, 9.17) is 4.74 Å². The summed E-state index contributed by atoms with van der Waals surface area (Å²) >= 11 is 1.49. The van der Waals surface area contributed by atoms with Crippen molar-refractivity contribution in [2.24, 2.45) is 0 Å². The number of amides is 1. The molecule has 2 aromatic carbocycles. The minimum absolute atomic E-state index is 0.211. The normalized spacial score (nSPS) is 14.0. The first-order valence-electron chi connectivity index (χ1n) is 10.3. The summed E-state index contributed by atoms with van der Waals surface area (Å²) < 4.78 is 5.33. The second-order valence-electron chi connectivity index (χ2n) is 7.72. The van der Waals surface area contributed by atoms with E-state index in [0.717, 1.165) is 40.7 Å². The minimum atomic E-state index is -0.360. The number of carbonyl (C=O) groups excluding carboxylic acids is 2. The molecular formula is C24H26N2O3S. The molecule has 3 aromatic rings. The molecule has 0 aliphatic carbocycles. The number of benzene rings is 2. The second-order valence-corrected chi connectivity index (χ2v) is 8.83. The van der Waals surface area contributed by atoms with Gasteiger partial charge in [0.05, 0.1) is 12.2 Å². The molecule has 5 nitrogen and oxygen atoms in total. The molecule has 1 N–H and O–H groups in total. The molecule has 0 bridgehead atoms. The van der Waals surface area contributed by atoms with Gasteiger partial charge in [-0.05, 0) is 49.6 Å². The number of carbonyl (C=O) groups is 2. The summed E-state index contributed by atoms with van der Waals surface area (Å²) in [6.07, 6.45) is 0.780. The van der Waals surface area contributed by atoms with E-state index < -0.39 is 0 Å². The Bertz CT molecular complexity index is 1100. The molecule has 156 valence electrons. The largest absolute Gasteiger partial charge is 0.462 e. The molecule has 0 radical (unpaired) electrons. The van der Waals surface area contributed by atoms with E-state index in [1.54, 1.807) is 6.92 Å². The third-order valence-corrected chi connectivity index (χ3v) is 6.69. The van der Waals surface area contributed by atoms with Crippen molar-refractivity contribution in [1.29, 1.82) is 0 Å². The maximum Gasteiger partial charge on any atom is 0.341 e. The molecular weight excluding hydrogens is 396 g/mol. The van der Waals surface area contributed by atoms with E-state index in [2.05, 4.69) is 24.1 Å². The summed E-state index contributed by atoms with van der Waals surface area (Å²) in [5.74, 6) is -0.571. The van der Waals surface area contributed by atoms with Crippen LogP contribution in [0.15, 0.2) is 42.5 Å². The Balaban J connectivity index is 1.71. The number of thiophene rings is 1. The van der Waals surface area contributed by atoms with Gasteiger partial charge in [-0.25, -0.2) is 4.79 Å². The number of hydrogen-bond acceptors (Lipinski definition) is 5. The van der Waals surface area contributed by atoms with Crippen LogP contribution in [0.25, 0.3) is 10.8 Å². The monoisotopic (exact) mass is 422 g/mol. The molecule has 4 rings (SSSR count). The Morgan fingerprint density at radius 1 is 1.17 bits per heavy atom. The number of fused-ring (bicyclic) bond motifs is 2. The quantitative estimate of drug-likeness (QED) is 0.582. The van der Waals surface area contributed by atoms with Gasteiger partial charge in [0.2, 0.25) is 0 Å². The third kappa shape index (κ3) is 3.85. The fourth-order valence-corrected chi connectivity index (χ4v) is 5.22. The van der Waals surface area contributed by atoms with Crippen molar-refractivity contribution in [3.8, 4) is 0 Å². The number of esters is 1. The third-order valence-electron chi connectivity index (χ3n) is 5.56. The van der Waals surface area contributed by atoms with Crippen LogP contribution in [0.5, 0.6) is 0 Å². The fourth-order valence-electron chi connectivity index (χ4n) is 3.97. The average molecular weight is 423 g/mol. The van der Waals surface area contributed by atoms with E-state index in [1.165, 1.54) is 11.3 Å². The van der Waals surface area contributed by atoms with Crippen LogP contribution in [0.3, 0.4) is 0 Å². The van der Waals surface area contributed by atoms with Crippen molar-refractivity contribution in [1.82, 2.24) is 4.90 Å². The zero-order chi connectivity index (χ0) is 21.3. The lowest BCUT2D eigenvalue weighted by Gasteiger charge is -2.30. The van der Waals surface area contributed by atoms with Gasteiger partial charge in [0.25, 0.3) is 5.91 Å². The summed E-state index contributed by atoms with van der Waals surface area (Å²) in [6.45, 7) is 8.13. The Kier molecular flexibility index (Phi) is 5.88. The topological polar surface area (TPSA) is 58.6 Å². The Labute approximate surface area is 180 Å². The Morgan fingerprint density at radius 3 is 2.70 bits per heavy atom. The minimum Gasteiger partial charge on any atom is -0.462 e. The summed E-state index contributed by atoms with van der Waals surface area (Å²) in [7, 11) is 0. The molecule has 6 heteroatoms. The molecule has 1 amide bonds. The Morgan fingerprint density at radius 2 is 1.93 bits per heavy atom. The molecule has 0 fully saturated rings. The van der Waals surface area contributed by atoms with Crippen LogP contribution >= 0.6 is 11.3 Å². The molecule has 0 saturated heterocycles. The van der Waals surface area contributed by atoms with Gasteiger partial charge in [0.15, 0.2) is 0 Å². The van der Waals surface area contributed by atoms with Gasteiger partial charge in [0, 0.05) is 29.6 Å². The SMILES string of the molecule is CCOC(=O)c1c(NC(=O)c2cccc3ccccc23)sc2c1CCN(C(C)C)C2. The molecule has 0 unspecified atom stereocenters. The predicted molar refractivity (Wildman–Crippen MR) is 121 cm³/mol. The first-order chi connectivity index (χ1) is 14.5. The van der Waals surface area contributed by atoms with Gasteiger partial charge in [0.1, 0.15) is 5.00 Å². The number of anilines is 1. The zero-order valence-electron chi connectivity index (χ0n) is 17.5. The maximum atomic E-state index is 13.2. The van der Waals surface area contributed by atoms with Crippen molar-refractivity contribution >= 4 is 39.0 Å². The first-order valence-corrected chi connectivity index (χ1v) is 11.2. The molecule has 1 aromatic heterocycles. The number of hydrogen-bond donors (Lipinski definition) is 1. The first kappa shape index (κ1) is 20.6. The van der Waals surface area contributed by atoms with E-state index >= 15 is 0 Å². The Hall–Kier alpha value is -2.70. The standard InChI is InChI=1S/C24H26N2O3S/c1-4-29-24(28)21-19-12-13-26(15(2)3)14-20(19)30-23(21)25-22(27)18-11-7-9-16-8-5-6-10-17(16)18/h5-11,15H,4,12-14H2,1-3H3,(H,25,27). The van der Waals surface area contributed by atoms with Crippen LogP contribution in [0, 0.1) is 0 Å². The van der Waals surface area contributed by atoms with Gasteiger partial charge in [-0.2, -0.15) is 0 Å². The van der Waals surface area contributed by atoms with Crippen molar-refractivity contribution in [3.05, 3.63) is 64.0 Å². The van der Waals surface area contributed by atoms with Gasteiger partial charge < -0.3 is 10.1 Å². The summed E-state index contributed by atoms with van der Waals surface area (Å²) in [4.78, 5) is 29.5. The predicted octanol–water partition coefficient (Wildman–Crippen LogP) is 5.10. The summed E-state index contributed by atoms with van der Waals surface area (Å²) in [5, 5.41) is 5.50. The fraction of sp³-hybridized carbons (Fsp3) is 0.333. The van der Waals surface area contributed by atoms with Gasteiger partial charge in [-0.3, -0.25) is 9.69 Å². The highest BCUT2D eigenvalue weighted by Crippen LogP contribution is 2.38. The molecule has 0 spiro atoms. The van der Waals surface area contributed by atoms with E-state index in [1.807, 2.05) is 42.5 Å². The molecule has 0 saturated carbocycles. The highest BCUT2D eigenvalue weighted by atomic mass is 32.1. The lowest BCUT2D eigenvalue weighted by atomic mass is 10.0. The van der Waals surface area contributed by atoms with Crippen LogP contribution in [0.2, 0.25) is 0 Å². The summed E-state index contributed by atoms with van der Waals surface area (Å²) in [5.41, 5.74) is 2.13. The number of nitrogens with one attached hydrogen (secondary N) is 1. The second kappa shape index (κ2) is 8.58. The van der Waals surface area contributed by atoms with Crippen molar-refractivity contribution in [2.75, 3.05) is 18.5 Å². The molecule has 30 heavy (non-hydrogen) atoms. The van der Waals surface area contributed by atoms with Crippen molar-refractivity contribution in [3.63, 3.8) is 0 Å². The van der Waals surface area contributed by atoms with Crippen LogP contribution in [0.1, 0.15) is 51.9 Å². The van der Waals surface area contributed by atoms with Crippen molar-refractivity contribution in [2.45, 2.75) is 39.8 Å². The molecule has 1 aliphatic rings. The van der Waals surface area contributed by atoms with E-state index in [9.17, 15) is 9.59 Å². The van der Waals surface area contributed by atoms with Crippen LogP contribution < -0.4 is 5.32 Å².